The summed E-state index contributed by atoms with van der Waals surface area (Å²) >= 11 is 0. The molecule has 3 rings (SSSR count). The van der Waals surface area contributed by atoms with Gasteiger partial charge in [0.1, 0.15) is 0 Å². The summed E-state index contributed by atoms with van der Waals surface area (Å²) in [5, 5.41) is 3.68. The Hall–Kier alpha value is -1.02. The molecule has 1 aromatic carbocycles. The SMILES string of the molecule is Cc1ccc(N2CCCC2C(C)C)c(CNC2CC2)c1. The fourth-order valence-electron chi connectivity index (χ4n) is 3.46. The van der Waals surface area contributed by atoms with Gasteiger partial charge in [0.05, 0.1) is 0 Å². The lowest BCUT2D eigenvalue weighted by atomic mass is 10.00. The molecule has 2 nitrogen and oxygen atoms in total. The van der Waals surface area contributed by atoms with E-state index in [1.54, 1.807) is 0 Å². The lowest BCUT2D eigenvalue weighted by Crippen LogP contribution is -2.34. The van der Waals surface area contributed by atoms with Gasteiger partial charge in [-0.2, -0.15) is 0 Å². The van der Waals surface area contributed by atoms with Crippen molar-refractivity contribution in [2.24, 2.45) is 5.92 Å². The van der Waals surface area contributed by atoms with Crippen molar-refractivity contribution in [1.29, 1.82) is 0 Å². The topological polar surface area (TPSA) is 15.3 Å². The van der Waals surface area contributed by atoms with Gasteiger partial charge in [-0.1, -0.05) is 31.5 Å². The van der Waals surface area contributed by atoms with Gasteiger partial charge < -0.3 is 10.2 Å². The Morgan fingerprint density at radius 1 is 1.25 bits per heavy atom. The number of hydrogen-bond acceptors (Lipinski definition) is 2. The number of anilines is 1. The van der Waals surface area contributed by atoms with Crippen LogP contribution in [0.3, 0.4) is 0 Å². The third-order valence-corrected chi connectivity index (χ3v) is 4.77. The molecule has 1 heterocycles. The van der Waals surface area contributed by atoms with Crippen LogP contribution in [-0.2, 0) is 6.54 Å². The van der Waals surface area contributed by atoms with E-state index < -0.39 is 0 Å². The Bertz CT molecular complexity index is 462. The largest absolute Gasteiger partial charge is 0.368 e. The first-order valence-corrected chi connectivity index (χ1v) is 8.24. The van der Waals surface area contributed by atoms with E-state index in [0.29, 0.717) is 0 Å². The summed E-state index contributed by atoms with van der Waals surface area (Å²) in [5.74, 6) is 0.739. The molecule has 1 N–H and O–H groups in total. The van der Waals surface area contributed by atoms with Crippen LogP contribution >= 0.6 is 0 Å². The van der Waals surface area contributed by atoms with Gasteiger partial charge in [0, 0.05) is 30.9 Å². The quantitative estimate of drug-likeness (QED) is 0.875. The Morgan fingerprint density at radius 2 is 2.05 bits per heavy atom. The normalized spacial score (nSPS) is 22.8. The Kier molecular flexibility index (Phi) is 4.02. The summed E-state index contributed by atoms with van der Waals surface area (Å²) in [7, 11) is 0. The fraction of sp³-hybridized carbons (Fsp3) is 0.667. The molecule has 1 saturated heterocycles. The van der Waals surface area contributed by atoms with E-state index in [1.165, 1.54) is 49.0 Å². The van der Waals surface area contributed by atoms with Gasteiger partial charge in [0.25, 0.3) is 0 Å². The average molecular weight is 272 g/mol. The first kappa shape index (κ1) is 13.9. The second kappa shape index (κ2) is 5.77. The van der Waals surface area contributed by atoms with Gasteiger partial charge in [-0.25, -0.2) is 0 Å². The second-order valence-corrected chi connectivity index (χ2v) is 6.93. The van der Waals surface area contributed by atoms with Crippen LogP contribution in [-0.4, -0.2) is 18.6 Å². The minimum absolute atomic E-state index is 0.720. The molecule has 1 saturated carbocycles. The first-order valence-electron chi connectivity index (χ1n) is 8.24. The highest BCUT2D eigenvalue weighted by molar-refractivity contribution is 5.56. The van der Waals surface area contributed by atoms with Gasteiger partial charge in [-0.15, -0.1) is 0 Å². The average Bonchev–Trinajstić information content (AvgIpc) is 3.11. The zero-order valence-corrected chi connectivity index (χ0v) is 13.2. The molecule has 2 fully saturated rings. The van der Waals surface area contributed by atoms with E-state index in [1.807, 2.05) is 0 Å². The summed E-state index contributed by atoms with van der Waals surface area (Å²) in [4.78, 5) is 2.66. The molecule has 1 aliphatic heterocycles. The molecule has 110 valence electrons. The maximum absolute atomic E-state index is 3.68. The third kappa shape index (κ3) is 3.01. The number of aryl methyl sites for hydroxylation is 1. The van der Waals surface area contributed by atoms with Crippen LogP contribution in [0.1, 0.15) is 50.7 Å². The zero-order chi connectivity index (χ0) is 14.1. The van der Waals surface area contributed by atoms with Gasteiger partial charge in [-0.05, 0) is 50.2 Å². The minimum Gasteiger partial charge on any atom is -0.368 e. The molecular formula is C18H28N2. The highest BCUT2D eigenvalue weighted by atomic mass is 15.2. The highest BCUT2D eigenvalue weighted by Gasteiger charge is 2.29. The van der Waals surface area contributed by atoms with Gasteiger partial charge >= 0.3 is 0 Å². The second-order valence-electron chi connectivity index (χ2n) is 6.93. The van der Waals surface area contributed by atoms with Crippen molar-refractivity contribution in [3.63, 3.8) is 0 Å². The van der Waals surface area contributed by atoms with Crippen LogP contribution < -0.4 is 10.2 Å². The van der Waals surface area contributed by atoms with E-state index in [0.717, 1.165) is 24.5 Å². The van der Waals surface area contributed by atoms with Gasteiger partial charge in [0.15, 0.2) is 0 Å². The van der Waals surface area contributed by atoms with Gasteiger partial charge in [0.2, 0.25) is 0 Å². The van der Waals surface area contributed by atoms with Crippen LogP contribution in [0.4, 0.5) is 5.69 Å². The highest BCUT2D eigenvalue weighted by Crippen LogP contribution is 2.33. The maximum atomic E-state index is 3.68. The molecule has 0 bridgehead atoms. The minimum atomic E-state index is 0.720. The molecule has 0 aromatic heterocycles. The lowest BCUT2D eigenvalue weighted by molar-refractivity contribution is 0.490. The molecule has 0 radical (unpaired) electrons. The van der Waals surface area contributed by atoms with Crippen molar-refractivity contribution in [1.82, 2.24) is 5.32 Å². The molecule has 1 aliphatic carbocycles. The lowest BCUT2D eigenvalue weighted by Gasteiger charge is -2.31. The standard InChI is InChI=1S/C18H28N2/c1-13(2)17-5-4-10-20(17)18-9-6-14(3)11-15(18)12-19-16-7-8-16/h6,9,11,13,16-17,19H,4-5,7-8,10,12H2,1-3H3. The molecule has 0 spiro atoms. The molecule has 0 amide bonds. The Balaban J connectivity index is 1.82. The number of hydrogen-bond donors (Lipinski definition) is 1. The summed E-state index contributed by atoms with van der Waals surface area (Å²) < 4.78 is 0. The fourth-order valence-corrected chi connectivity index (χ4v) is 3.46. The zero-order valence-electron chi connectivity index (χ0n) is 13.2. The van der Waals surface area contributed by atoms with Crippen molar-refractivity contribution < 1.29 is 0 Å². The first-order chi connectivity index (χ1) is 9.65. The van der Waals surface area contributed by atoms with Crippen LogP contribution in [0.15, 0.2) is 18.2 Å². The molecule has 1 unspecified atom stereocenters. The summed E-state index contributed by atoms with van der Waals surface area (Å²) in [6.45, 7) is 9.18. The number of nitrogens with zero attached hydrogens (tertiary/aromatic N) is 1. The van der Waals surface area contributed by atoms with Crippen LogP contribution in [0.2, 0.25) is 0 Å². The van der Waals surface area contributed by atoms with Crippen molar-refractivity contribution in [3.05, 3.63) is 29.3 Å². The Labute approximate surface area is 123 Å². The molecule has 2 aliphatic rings. The molecule has 1 atom stereocenters. The van der Waals surface area contributed by atoms with Crippen molar-refractivity contribution in [2.75, 3.05) is 11.4 Å². The predicted octanol–water partition coefficient (Wildman–Crippen LogP) is 3.87. The van der Waals surface area contributed by atoms with Gasteiger partial charge in [-0.3, -0.25) is 0 Å². The van der Waals surface area contributed by atoms with E-state index in [2.05, 4.69) is 49.2 Å². The van der Waals surface area contributed by atoms with Crippen LogP contribution in [0, 0.1) is 12.8 Å². The number of rotatable bonds is 5. The Morgan fingerprint density at radius 3 is 2.75 bits per heavy atom. The molecular weight excluding hydrogens is 244 g/mol. The maximum Gasteiger partial charge on any atom is 0.0414 e. The van der Waals surface area contributed by atoms with Crippen molar-refractivity contribution in [3.8, 4) is 0 Å². The molecule has 20 heavy (non-hydrogen) atoms. The van der Waals surface area contributed by atoms with E-state index in [-0.39, 0.29) is 0 Å². The van der Waals surface area contributed by atoms with E-state index in [4.69, 9.17) is 0 Å². The predicted molar refractivity (Wildman–Crippen MR) is 86.2 cm³/mol. The smallest absolute Gasteiger partial charge is 0.0414 e. The summed E-state index contributed by atoms with van der Waals surface area (Å²) in [6.07, 6.45) is 5.41. The molecule has 1 aromatic rings. The van der Waals surface area contributed by atoms with E-state index >= 15 is 0 Å². The van der Waals surface area contributed by atoms with Crippen LogP contribution in [0.5, 0.6) is 0 Å². The summed E-state index contributed by atoms with van der Waals surface area (Å²) in [6, 6.07) is 8.49. The van der Waals surface area contributed by atoms with E-state index in [9.17, 15) is 0 Å². The summed E-state index contributed by atoms with van der Waals surface area (Å²) in [5.41, 5.74) is 4.34. The monoisotopic (exact) mass is 272 g/mol. The van der Waals surface area contributed by atoms with Crippen molar-refractivity contribution in [2.45, 2.75) is 65.1 Å². The molecule has 2 heteroatoms. The number of nitrogens with one attached hydrogen (secondary N) is 1. The third-order valence-electron chi connectivity index (χ3n) is 4.77. The number of benzene rings is 1. The van der Waals surface area contributed by atoms with Crippen LogP contribution in [0.25, 0.3) is 0 Å². The van der Waals surface area contributed by atoms with Crippen molar-refractivity contribution >= 4 is 5.69 Å².